The highest BCUT2D eigenvalue weighted by Crippen LogP contribution is 2.45. The molecule has 0 spiro atoms. The summed E-state index contributed by atoms with van der Waals surface area (Å²) >= 11 is 7.29. The number of methoxy groups -OCH3 is 2. The second-order valence-electron chi connectivity index (χ2n) is 7.85. The third-order valence-electron chi connectivity index (χ3n) is 5.78. The van der Waals surface area contributed by atoms with Crippen molar-refractivity contribution in [1.82, 2.24) is 4.98 Å². The van der Waals surface area contributed by atoms with Crippen LogP contribution in [0, 0.1) is 0 Å². The van der Waals surface area contributed by atoms with E-state index in [0.29, 0.717) is 42.9 Å². The number of nitrogens with zero attached hydrogens (tertiary/aromatic N) is 1. The van der Waals surface area contributed by atoms with Gasteiger partial charge in [0.2, 0.25) is 5.78 Å². The minimum absolute atomic E-state index is 0.174. The number of pyridine rings is 1. The summed E-state index contributed by atoms with van der Waals surface area (Å²) in [5, 5.41) is 1.27. The van der Waals surface area contributed by atoms with Gasteiger partial charge < -0.3 is 15.2 Å². The van der Waals surface area contributed by atoms with Crippen molar-refractivity contribution in [2.45, 2.75) is 0 Å². The molecule has 7 heteroatoms. The fourth-order valence-corrected chi connectivity index (χ4v) is 5.22. The topological polar surface area (TPSA) is 74.4 Å². The fraction of sp³-hybridized carbons (Fsp3) is 0.0714. The molecule has 35 heavy (non-hydrogen) atoms. The van der Waals surface area contributed by atoms with Gasteiger partial charge in [-0.3, -0.25) is 4.79 Å². The smallest absolute Gasteiger partial charge is 0.205 e. The number of nitrogen functional groups attached to an aromatic ring is 1. The van der Waals surface area contributed by atoms with Crippen molar-refractivity contribution in [1.29, 1.82) is 0 Å². The number of ketones is 1. The molecule has 0 saturated carbocycles. The molecule has 174 valence electrons. The maximum Gasteiger partial charge on any atom is 0.205 e. The van der Waals surface area contributed by atoms with Crippen LogP contribution in [0.4, 0.5) is 5.69 Å². The number of carbonyl (C=O) groups is 1. The highest BCUT2D eigenvalue weighted by atomic mass is 35.5. The maximum absolute atomic E-state index is 13.4. The summed E-state index contributed by atoms with van der Waals surface area (Å²) in [6, 6.07) is 24.2. The quantitative estimate of drug-likeness (QED) is 0.251. The first-order valence-electron chi connectivity index (χ1n) is 10.8. The van der Waals surface area contributed by atoms with Crippen molar-refractivity contribution in [3.63, 3.8) is 0 Å². The predicted octanol–water partition coefficient (Wildman–Crippen LogP) is 7.11. The number of halogens is 1. The van der Waals surface area contributed by atoms with E-state index >= 15 is 0 Å². The lowest BCUT2D eigenvalue weighted by Crippen LogP contribution is -2.02. The molecule has 0 amide bonds. The summed E-state index contributed by atoms with van der Waals surface area (Å²) in [5.74, 6) is 1.17. The molecule has 0 atom stereocenters. The highest BCUT2D eigenvalue weighted by Gasteiger charge is 2.24. The van der Waals surface area contributed by atoms with Gasteiger partial charge in [0.05, 0.1) is 25.6 Å². The molecular formula is C28H21ClN2O3S. The first-order chi connectivity index (χ1) is 17.0. The van der Waals surface area contributed by atoms with E-state index in [4.69, 9.17) is 31.8 Å². The molecule has 0 unspecified atom stereocenters. The third kappa shape index (κ3) is 4.22. The van der Waals surface area contributed by atoms with Gasteiger partial charge in [-0.15, -0.1) is 11.3 Å². The molecule has 3 aromatic carbocycles. The van der Waals surface area contributed by atoms with Crippen LogP contribution in [0.3, 0.4) is 0 Å². The van der Waals surface area contributed by atoms with Crippen LogP contribution >= 0.6 is 22.9 Å². The standard InChI is InChI=1S/C28H21ClN2O3S/c1-33-19-12-13-23(34-2)20(14-19)21-15-22(16-6-4-3-5-7-16)31-28-24(21)25(30)27(35-28)26(32)17-8-10-18(29)11-9-17/h3-15H,30H2,1-2H3. The van der Waals surface area contributed by atoms with Gasteiger partial charge >= 0.3 is 0 Å². The summed E-state index contributed by atoms with van der Waals surface area (Å²) in [4.78, 5) is 19.4. The lowest BCUT2D eigenvalue weighted by atomic mass is 9.97. The zero-order chi connectivity index (χ0) is 24.5. The normalized spacial score (nSPS) is 10.9. The van der Waals surface area contributed by atoms with E-state index in [0.717, 1.165) is 22.4 Å². The van der Waals surface area contributed by atoms with E-state index in [2.05, 4.69) is 0 Å². The SMILES string of the molecule is COc1ccc(OC)c(-c2cc(-c3ccccc3)nc3sc(C(=O)c4ccc(Cl)cc4)c(N)c23)c1. The van der Waals surface area contributed by atoms with Gasteiger partial charge in [0, 0.05) is 32.7 Å². The zero-order valence-corrected chi connectivity index (χ0v) is 20.6. The lowest BCUT2D eigenvalue weighted by Gasteiger charge is -2.13. The molecule has 0 saturated heterocycles. The molecular weight excluding hydrogens is 480 g/mol. The number of thiophene rings is 1. The van der Waals surface area contributed by atoms with E-state index in [1.54, 1.807) is 38.5 Å². The van der Waals surface area contributed by atoms with Crippen LogP contribution in [0.2, 0.25) is 5.02 Å². The van der Waals surface area contributed by atoms with Crippen molar-refractivity contribution in [2.75, 3.05) is 20.0 Å². The van der Waals surface area contributed by atoms with E-state index in [1.165, 1.54) is 11.3 Å². The highest BCUT2D eigenvalue weighted by molar-refractivity contribution is 7.21. The van der Waals surface area contributed by atoms with Gasteiger partial charge in [0.15, 0.2) is 0 Å². The van der Waals surface area contributed by atoms with Crippen LogP contribution in [0.15, 0.2) is 78.9 Å². The second-order valence-corrected chi connectivity index (χ2v) is 9.28. The summed E-state index contributed by atoms with van der Waals surface area (Å²) in [5.41, 5.74) is 10.9. The molecule has 0 bridgehead atoms. The Hall–Kier alpha value is -3.87. The molecule has 5 nitrogen and oxygen atoms in total. The molecule has 0 aliphatic carbocycles. The van der Waals surface area contributed by atoms with Gasteiger partial charge in [0.1, 0.15) is 21.2 Å². The Kier molecular flexibility index (Phi) is 6.16. The number of nitrogens with two attached hydrogens (primary N) is 1. The van der Waals surface area contributed by atoms with Gasteiger partial charge in [-0.1, -0.05) is 41.9 Å². The van der Waals surface area contributed by atoms with Gasteiger partial charge in [-0.25, -0.2) is 4.98 Å². The molecule has 2 N–H and O–H groups in total. The number of aromatic nitrogens is 1. The number of hydrogen-bond donors (Lipinski definition) is 1. The van der Waals surface area contributed by atoms with Crippen LogP contribution in [0.25, 0.3) is 32.6 Å². The first kappa shape index (κ1) is 22.9. The largest absolute Gasteiger partial charge is 0.497 e. The third-order valence-corrected chi connectivity index (χ3v) is 7.13. The van der Waals surface area contributed by atoms with Crippen LogP contribution in [0.5, 0.6) is 11.5 Å². The van der Waals surface area contributed by atoms with Crippen molar-refractivity contribution in [2.24, 2.45) is 0 Å². The predicted molar refractivity (Wildman–Crippen MR) is 143 cm³/mol. The minimum Gasteiger partial charge on any atom is -0.497 e. The number of hydrogen-bond acceptors (Lipinski definition) is 6. The molecule has 5 aromatic rings. The second kappa shape index (κ2) is 9.41. The van der Waals surface area contributed by atoms with Crippen molar-refractivity contribution >= 4 is 44.6 Å². The Balaban J connectivity index is 1.80. The molecule has 0 aliphatic rings. The maximum atomic E-state index is 13.4. The summed E-state index contributed by atoms with van der Waals surface area (Å²) in [6.07, 6.45) is 0. The summed E-state index contributed by atoms with van der Waals surface area (Å²) in [7, 11) is 3.24. The number of carbonyl (C=O) groups excluding carboxylic acids is 1. The Bertz CT molecular complexity index is 1550. The van der Waals surface area contributed by atoms with Crippen LogP contribution < -0.4 is 15.2 Å². The number of fused-ring (bicyclic) bond motifs is 1. The average molecular weight is 501 g/mol. The Labute approximate surface area is 211 Å². The number of anilines is 1. The summed E-state index contributed by atoms with van der Waals surface area (Å²) in [6.45, 7) is 0. The van der Waals surface area contributed by atoms with Crippen LogP contribution in [-0.2, 0) is 0 Å². The average Bonchev–Trinajstić information content (AvgIpc) is 3.24. The van der Waals surface area contributed by atoms with E-state index in [9.17, 15) is 4.79 Å². The van der Waals surface area contributed by atoms with Crippen LogP contribution in [-0.4, -0.2) is 25.0 Å². The fourth-order valence-electron chi connectivity index (χ4n) is 4.02. The van der Waals surface area contributed by atoms with Gasteiger partial charge in [-0.2, -0.15) is 0 Å². The molecule has 0 aliphatic heterocycles. The Morgan fingerprint density at radius 3 is 2.34 bits per heavy atom. The molecule has 0 radical (unpaired) electrons. The zero-order valence-electron chi connectivity index (χ0n) is 19.0. The van der Waals surface area contributed by atoms with Crippen molar-refractivity contribution in [3.8, 4) is 33.9 Å². The van der Waals surface area contributed by atoms with Crippen molar-refractivity contribution in [3.05, 3.63) is 94.3 Å². The van der Waals surface area contributed by atoms with Gasteiger partial charge in [-0.05, 0) is 48.5 Å². The Morgan fingerprint density at radius 2 is 1.66 bits per heavy atom. The van der Waals surface area contributed by atoms with E-state index < -0.39 is 0 Å². The van der Waals surface area contributed by atoms with Crippen molar-refractivity contribution < 1.29 is 14.3 Å². The van der Waals surface area contributed by atoms with E-state index in [1.807, 2.05) is 54.6 Å². The number of rotatable bonds is 6. The minimum atomic E-state index is -0.174. The monoisotopic (exact) mass is 500 g/mol. The number of ether oxygens (including phenoxy) is 2. The van der Waals surface area contributed by atoms with E-state index in [-0.39, 0.29) is 5.78 Å². The Morgan fingerprint density at radius 1 is 0.914 bits per heavy atom. The molecule has 5 rings (SSSR count). The molecule has 0 fully saturated rings. The first-order valence-corrected chi connectivity index (χ1v) is 12.0. The lowest BCUT2D eigenvalue weighted by molar-refractivity contribution is 0.104. The number of benzene rings is 3. The van der Waals surface area contributed by atoms with Gasteiger partial charge in [0.25, 0.3) is 0 Å². The molecule has 2 aromatic heterocycles. The molecule has 2 heterocycles. The summed E-state index contributed by atoms with van der Waals surface area (Å²) < 4.78 is 11.2. The van der Waals surface area contributed by atoms with Crippen LogP contribution in [0.1, 0.15) is 15.2 Å².